The van der Waals surface area contributed by atoms with Crippen LogP contribution in [0.4, 0.5) is 0 Å². The molecule has 1 N–H and O–H groups in total. The van der Waals surface area contributed by atoms with Gasteiger partial charge in [-0.15, -0.1) is 0 Å². The van der Waals surface area contributed by atoms with Gasteiger partial charge in [-0.2, -0.15) is 4.98 Å². The Morgan fingerprint density at radius 1 is 1.58 bits per heavy atom. The second kappa shape index (κ2) is 4.30. The molecule has 6 nitrogen and oxygen atoms in total. The van der Waals surface area contributed by atoms with E-state index in [1.54, 1.807) is 7.11 Å². The lowest BCUT2D eigenvalue weighted by Gasteiger charge is -2.21. The number of methoxy groups -OCH3 is 1. The number of rotatable bonds is 5. The SMILES string of the molecule is CCC(C)(OC)c1noc(C2C(C(=O)O)C2(C)C)n1. The average Bonchev–Trinajstić information content (AvgIpc) is 2.75. The molecule has 0 bridgehead atoms. The lowest BCUT2D eigenvalue weighted by Crippen LogP contribution is -2.24. The Labute approximate surface area is 112 Å². The standard InChI is InChI=1S/C13H20N2O4/c1-6-13(4,18-5)11-14-9(19-15-11)7-8(10(16)17)12(7,2)3/h7-8H,6H2,1-5H3,(H,16,17). The van der Waals surface area contributed by atoms with Crippen molar-refractivity contribution < 1.29 is 19.2 Å². The molecule has 1 aromatic rings. The van der Waals surface area contributed by atoms with Crippen LogP contribution in [0.25, 0.3) is 0 Å². The van der Waals surface area contributed by atoms with Crippen LogP contribution in [0.2, 0.25) is 0 Å². The van der Waals surface area contributed by atoms with E-state index < -0.39 is 17.5 Å². The van der Waals surface area contributed by atoms with Crippen molar-refractivity contribution in [2.75, 3.05) is 7.11 Å². The number of hydrogen-bond acceptors (Lipinski definition) is 5. The summed E-state index contributed by atoms with van der Waals surface area (Å²) in [6.07, 6.45) is 0.707. The summed E-state index contributed by atoms with van der Waals surface area (Å²) >= 11 is 0. The molecule has 0 aromatic carbocycles. The highest BCUT2D eigenvalue weighted by atomic mass is 16.5. The van der Waals surface area contributed by atoms with Crippen molar-refractivity contribution in [2.45, 2.75) is 45.6 Å². The van der Waals surface area contributed by atoms with Crippen molar-refractivity contribution in [2.24, 2.45) is 11.3 Å². The van der Waals surface area contributed by atoms with Gasteiger partial charge in [0.25, 0.3) is 0 Å². The highest BCUT2D eigenvalue weighted by molar-refractivity contribution is 5.77. The second-order valence-corrected chi connectivity index (χ2v) is 5.86. The zero-order chi connectivity index (χ0) is 14.4. The maximum absolute atomic E-state index is 11.2. The average molecular weight is 268 g/mol. The molecule has 3 unspecified atom stereocenters. The van der Waals surface area contributed by atoms with E-state index in [-0.39, 0.29) is 11.3 Å². The fraction of sp³-hybridized carbons (Fsp3) is 0.769. The zero-order valence-electron chi connectivity index (χ0n) is 11.9. The van der Waals surface area contributed by atoms with Gasteiger partial charge in [-0.3, -0.25) is 4.79 Å². The van der Waals surface area contributed by atoms with E-state index in [1.807, 2.05) is 27.7 Å². The van der Waals surface area contributed by atoms with Gasteiger partial charge in [-0.1, -0.05) is 25.9 Å². The Morgan fingerprint density at radius 3 is 2.63 bits per heavy atom. The highest BCUT2D eigenvalue weighted by Crippen LogP contribution is 2.64. The van der Waals surface area contributed by atoms with Crippen LogP contribution in [0.1, 0.15) is 51.7 Å². The number of aromatic nitrogens is 2. The summed E-state index contributed by atoms with van der Waals surface area (Å²) in [5.74, 6) is -0.636. The lowest BCUT2D eigenvalue weighted by molar-refractivity contribution is -0.139. The van der Waals surface area contributed by atoms with E-state index in [1.165, 1.54) is 0 Å². The van der Waals surface area contributed by atoms with Crippen molar-refractivity contribution in [3.63, 3.8) is 0 Å². The van der Waals surface area contributed by atoms with Gasteiger partial charge in [0.05, 0.1) is 11.8 Å². The van der Waals surface area contributed by atoms with Crippen LogP contribution in [0.5, 0.6) is 0 Å². The quantitative estimate of drug-likeness (QED) is 0.880. The van der Waals surface area contributed by atoms with Crippen LogP contribution in [0.3, 0.4) is 0 Å². The third-order valence-electron chi connectivity index (χ3n) is 4.40. The fourth-order valence-electron chi connectivity index (χ4n) is 2.53. The van der Waals surface area contributed by atoms with Gasteiger partial charge in [0.15, 0.2) is 0 Å². The third-order valence-corrected chi connectivity index (χ3v) is 4.40. The van der Waals surface area contributed by atoms with Crippen LogP contribution in [0.15, 0.2) is 4.52 Å². The molecule has 0 amide bonds. The topological polar surface area (TPSA) is 85.5 Å². The van der Waals surface area contributed by atoms with Gasteiger partial charge in [0.1, 0.15) is 5.60 Å². The molecule has 19 heavy (non-hydrogen) atoms. The number of hydrogen-bond donors (Lipinski definition) is 1. The molecule has 0 spiro atoms. The first-order valence-corrected chi connectivity index (χ1v) is 6.40. The minimum atomic E-state index is -0.820. The summed E-state index contributed by atoms with van der Waals surface area (Å²) in [5, 5.41) is 13.1. The van der Waals surface area contributed by atoms with Crippen molar-refractivity contribution in [3.05, 3.63) is 11.7 Å². The molecule has 0 radical (unpaired) electrons. The normalized spacial score (nSPS) is 27.8. The molecule has 2 rings (SSSR count). The molecule has 0 saturated heterocycles. The molecular formula is C13H20N2O4. The molecule has 0 aliphatic heterocycles. The first kappa shape index (κ1) is 14.0. The number of carboxylic acids is 1. The van der Waals surface area contributed by atoms with E-state index in [0.29, 0.717) is 18.1 Å². The van der Waals surface area contributed by atoms with E-state index >= 15 is 0 Å². The van der Waals surface area contributed by atoms with Gasteiger partial charge >= 0.3 is 5.97 Å². The maximum Gasteiger partial charge on any atom is 0.307 e. The molecule has 1 fully saturated rings. The molecule has 3 atom stereocenters. The van der Waals surface area contributed by atoms with Gasteiger partial charge in [0, 0.05) is 7.11 Å². The summed E-state index contributed by atoms with van der Waals surface area (Å²) in [6.45, 7) is 7.65. The van der Waals surface area contributed by atoms with Crippen LogP contribution >= 0.6 is 0 Å². The molecular weight excluding hydrogens is 248 g/mol. The monoisotopic (exact) mass is 268 g/mol. The Kier molecular flexibility index (Phi) is 3.16. The predicted molar refractivity (Wildman–Crippen MR) is 66.6 cm³/mol. The molecule has 106 valence electrons. The van der Waals surface area contributed by atoms with Gasteiger partial charge in [-0.25, -0.2) is 0 Å². The fourth-order valence-corrected chi connectivity index (χ4v) is 2.53. The highest BCUT2D eigenvalue weighted by Gasteiger charge is 2.65. The summed E-state index contributed by atoms with van der Waals surface area (Å²) < 4.78 is 10.7. The summed E-state index contributed by atoms with van der Waals surface area (Å²) in [4.78, 5) is 15.5. The van der Waals surface area contributed by atoms with Crippen molar-refractivity contribution in [1.82, 2.24) is 10.1 Å². The van der Waals surface area contributed by atoms with Crippen LogP contribution in [0, 0.1) is 11.3 Å². The number of carbonyl (C=O) groups is 1. The van der Waals surface area contributed by atoms with E-state index in [2.05, 4.69) is 10.1 Å². The number of ether oxygens (including phenoxy) is 1. The number of nitrogens with zero attached hydrogens (tertiary/aromatic N) is 2. The Bertz CT molecular complexity index is 491. The second-order valence-electron chi connectivity index (χ2n) is 5.86. The molecule has 1 heterocycles. The third kappa shape index (κ3) is 2.04. The lowest BCUT2D eigenvalue weighted by atomic mass is 10.0. The molecule has 6 heteroatoms. The smallest absolute Gasteiger partial charge is 0.307 e. The summed E-state index contributed by atoms with van der Waals surface area (Å²) in [7, 11) is 1.60. The Hall–Kier alpha value is -1.43. The number of carboxylic acid groups (broad SMARTS) is 1. The van der Waals surface area contributed by atoms with Crippen molar-refractivity contribution in [1.29, 1.82) is 0 Å². The van der Waals surface area contributed by atoms with Crippen molar-refractivity contribution >= 4 is 5.97 Å². The van der Waals surface area contributed by atoms with E-state index in [4.69, 9.17) is 14.4 Å². The minimum absolute atomic E-state index is 0.218. The van der Waals surface area contributed by atoms with Crippen LogP contribution in [-0.2, 0) is 15.1 Å². The molecule has 1 aliphatic carbocycles. The maximum atomic E-state index is 11.2. The van der Waals surface area contributed by atoms with Gasteiger partial charge in [0.2, 0.25) is 11.7 Å². The number of aliphatic carboxylic acids is 1. The minimum Gasteiger partial charge on any atom is -0.481 e. The van der Waals surface area contributed by atoms with Crippen LogP contribution in [-0.4, -0.2) is 28.3 Å². The first-order valence-electron chi connectivity index (χ1n) is 6.40. The Balaban J connectivity index is 2.26. The zero-order valence-corrected chi connectivity index (χ0v) is 11.9. The molecule has 1 aromatic heterocycles. The Morgan fingerprint density at radius 2 is 2.21 bits per heavy atom. The van der Waals surface area contributed by atoms with E-state index in [9.17, 15) is 4.79 Å². The van der Waals surface area contributed by atoms with Gasteiger partial charge < -0.3 is 14.4 Å². The largest absolute Gasteiger partial charge is 0.481 e. The molecule has 1 saturated carbocycles. The molecule has 1 aliphatic rings. The first-order chi connectivity index (χ1) is 8.78. The van der Waals surface area contributed by atoms with Gasteiger partial charge in [-0.05, 0) is 18.8 Å². The van der Waals surface area contributed by atoms with E-state index in [0.717, 1.165) is 0 Å². The van der Waals surface area contributed by atoms with Crippen molar-refractivity contribution in [3.8, 4) is 0 Å². The summed E-state index contributed by atoms with van der Waals surface area (Å²) in [6, 6.07) is 0. The predicted octanol–water partition coefficient (Wildman–Crippen LogP) is 2.17. The van der Waals surface area contributed by atoms with Crippen LogP contribution < -0.4 is 0 Å². The summed E-state index contributed by atoms with van der Waals surface area (Å²) in [5.41, 5.74) is -0.940.